The Morgan fingerprint density at radius 2 is 1.96 bits per heavy atom. The Morgan fingerprint density at radius 1 is 1.22 bits per heavy atom. The average Bonchev–Trinajstić information content (AvgIpc) is 3.56. The Morgan fingerprint density at radius 3 is 2.62 bits per heavy atom. The zero-order valence-corrected chi connectivity index (χ0v) is 25.3. The van der Waals surface area contributed by atoms with Crippen LogP contribution in [0.1, 0.15) is 57.0 Å². The van der Waals surface area contributed by atoms with Crippen LogP contribution in [0.25, 0.3) is 22.1 Å². The first kappa shape index (κ1) is 30.8. The van der Waals surface area contributed by atoms with Crippen LogP contribution in [-0.4, -0.2) is 58.3 Å². The molecule has 0 amide bonds. The van der Waals surface area contributed by atoms with Crippen LogP contribution in [0.15, 0.2) is 40.9 Å². The van der Waals surface area contributed by atoms with Gasteiger partial charge in [0.15, 0.2) is 27.0 Å². The summed E-state index contributed by atoms with van der Waals surface area (Å²) in [6.45, 7) is 4.09. The minimum atomic E-state index is -4.89. The minimum Gasteiger partial charge on any atom is -0.472 e. The number of benzene rings is 1. The van der Waals surface area contributed by atoms with Crippen LogP contribution >= 0.6 is 0 Å². The number of rotatable bonds is 5. The number of pyridine rings is 1. The first-order valence-corrected chi connectivity index (χ1v) is 15.8. The first-order chi connectivity index (χ1) is 21.0. The van der Waals surface area contributed by atoms with Crippen LogP contribution < -0.4 is 9.64 Å². The third-order valence-electron chi connectivity index (χ3n) is 8.55. The third kappa shape index (κ3) is 5.26. The number of fused-ring (bicyclic) bond motifs is 3. The molecular formula is C31H28F4N4O5S. The van der Waals surface area contributed by atoms with E-state index in [9.17, 15) is 26.4 Å². The van der Waals surface area contributed by atoms with Gasteiger partial charge in [-0.2, -0.15) is 13.2 Å². The van der Waals surface area contributed by atoms with Gasteiger partial charge in [0, 0.05) is 30.0 Å². The van der Waals surface area contributed by atoms with Crippen LogP contribution in [0, 0.1) is 12.3 Å². The summed E-state index contributed by atoms with van der Waals surface area (Å²) in [5, 5.41) is 0.348. The Kier molecular flexibility index (Phi) is 7.11. The van der Waals surface area contributed by atoms with Gasteiger partial charge in [-0.3, -0.25) is 4.79 Å². The summed E-state index contributed by atoms with van der Waals surface area (Å²) in [6, 6.07) is 6.90. The lowest BCUT2D eigenvalue weighted by Gasteiger charge is -2.39. The number of carbonyl (C=O) groups excluding carboxylic acids is 1. The quantitative estimate of drug-likeness (QED) is 0.204. The van der Waals surface area contributed by atoms with Gasteiger partial charge in [0.2, 0.25) is 11.7 Å². The highest BCUT2D eigenvalue weighted by atomic mass is 32.2. The SMILES string of the molecule is C#Cc1cnc(O[C@H]2C[C@@H](C(C)=O)N(c3nc(C(F)(F)F)nc4c3oc3ccccc34)C2)c([C@]2(F)CCS(=O)(=O)C(C)(C)C2)c1. The number of alkyl halides is 4. The Hall–Kier alpha value is -4.25. The second-order valence-corrected chi connectivity index (χ2v) is 14.8. The Balaban J connectivity index is 1.41. The maximum absolute atomic E-state index is 16.7. The molecule has 1 aromatic carbocycles. The lowest BCUT2D eigenvalue weighted by molar-refractivity contribution is -0.144. The van der Waals surface area contributed by atoms with Gasteiger partial charge < -0.3 is 14.1 Å². The molecule has 3 aromatic heterocycles. The number of carbonyl (C=O) groups is 1. The van der Waals surface area contributed by atoms with Crippen molar-refractivity contribution in [3.05, 3.63) is 53.5 Å². The number of sulfone groups is 1. The molecule has 45 heavy (non-hydrogen) atoms. The van der Waals surface area contributed by atoms with E-state index >= 15 is 4.39 Å². The van der Waals surface area contributed by atoms with Gasteiger partial charge in [-0.15, -0.1) is 6.42 Å². The number of ether oxygens (including phenoxy) is 1. The number of hydrogen-bond donors (Lipinski definition) is 0. The number of Topliss-reactive ketones (excluding diaryl/α,β-unsaturated/α-hetero) is 1. The number of nitrogens with zero attached hydrogens (tertiary/aromatic N) is 4. The summed E-state index contributed by atoms with van der Waals surface area (Å²) in [5.74, 6) is -0.133. The van der Waals surface area contributed by atoms with E-state index in [0.29, 0.717) is 11.0 Å². The number of aromatic nitrogens is 3. The molecule has 2 aliphatic rings. The highest BCUT2D eigenvalue weighted by molar-refractivity contribution is 7.92. The smallest absolute Gasteiger partial charge is 0.451 e. The van der Waals surface area contributed by atoms with Crippen LogP contribution in [-0.2, 0) is 26.5 Å². The van der Waals surface area contributed by atoms with Crippen LogP contribution in [0.2, 0.25) is 0 Å². The van der Waals surface area contributed by atoms with E-state index in [-0.39, 0.29) is 65.5 Å². The summed E-state index contributed by atoms with van der Waals surface area (Å²) < 4.78 is 94.6. The second-order valence-electron chi connectivity index (χ2n) is 12.1. The van der Waals surface area contributed by atoms with Crippen LogP contribution in [0.5, 0.6) is 5.88 Å². The molecule has 9 nitrogen and oxygen atoms in total. The molecule has 2 fully saturated rings. The molecule has 0 saturated carbocycles. The van der Waals surface area contributed by atoms with E-state index in [1.165, 1.54) is 37.9 Å². The maximum atomic E-state index is 16.7. The first-order valence-electron chi connectivity index (χ1n) is 14.1. The normalized spacial score (nSPS) is 24.5. The van der Waals surface area contributed by atoms with Crippen molar-refractivity contribution < 1.29 is 39.9 Å². The zero-order valence-electron chi connectivity index (χ0n) is 24.5. The molecule has 14 heteroatoms. The highest BCUT2D eigenvalue weighted by Gasteiger charge is 2.52. The molecule has 4 aromatic rings. The van der Waals surface area contributed by atoms with Crippen molar-refractivity contribution in [2.75, 3.05) is 17.2 Å². The number of terminal acetylenes is 1. The zero-order chi connectivity index (χ0) is 32.5. The Bertz CT molecular complexity index is 2000. The molecule has 5 heterocycles. The van der Waals surface area contributed by atoms with Crippen molar-refractivity contribution in [2.45, 2.75) is 68.8 Å². The fraction of sp³-hybridized carbons (Fsp3) is 0.419. The fourth-order valence-electron chi connectivity index (χ4n) is 6.18. The molecule has 236 valence electrons. The summed E-state index contributed by atoms with van der Waals surface area (Å²) in [7, 11) is -3.57. The number of hydrogen-bond acceptors (Lipinski definition) is 9. The lowest BCUT2D eigenvalue weighted by Crippen LogP contribution is -2.47. The predicted molar refractivity (Wildman–Crippen MR) is 157 cm³/mol. The number of anilines is 1. The van der Waals surface area contributed by atoms with E-state index in [2.05, 4.69) is 20.9 Å². The van der Waals surface area contributed by atoms with E-state index in [1.807, 2.05) is 0 Å². The topological polar surface area (TPSA) is 115 Å². The maximum Gasteiger partial charge on any atom is 0.451 e. The third-order valence-corrected chi connectivity index (χ3v) is 11.1. The summed E-state index contributed by atoms with van der Waals surface area (Å²) >= 11 is 0. The molecular weight excluding hydrogens is 616 g/mol. The molecule has 3 atom stereocenters. The van der Waals surface area contributed by atoms with Crippen molar-refractivity contribution in [1.29, 1.82) is 0 Å². The highest BCUT2D eigenvalue weighted by Crippen LogP contribution is 2.48. The minimum absolute atomic E-state index is 0.0135. The molecule has 0 spiro atoms. The van der Waals surface area contributed by atoms with Crippen LogP contribution in [0.3, 0.4) is 0 Å². The summed E-state index contributed by atoms with van der Waals surface area (Å²) in [6.07, 6.45) is 0.419. The molecule has 2 aliphatic heterocycles. The summed E-state index contributed by atoms with van der Waals surface area (Å²) in [5.41, 5.74) is -1.72. The van der Waals surface area contributed by atoms with E-state index in [1.54, 1.807) is 24.3 Å². The van der Waals surface area contributed by atoms with E-state index < -0.39 is 50.2 Å². The molecule has 0 aliphatic carbocycles. The van der Waals surface area contributed by atoms with Gasteiger partial charge >= 0.3 is 6.18 Å². The van der Waals surface area contributed by atoms with Crippen LogP contribution in [0.4, 0.5) is 23.4 Å². The molecule has 2 saturated heterocycles. The molecule has 0 unspecified atom stereocenters. The predicted octanol–water partition coefficient (Wildman–Crippen LogP) is 5.54. The van der Waals surface area contributed by atoms with Gasteiger partial charge in [-0.1, -0.05) is 18.1 Å². The van der Waals surface area contributed by atoms with E-state index in [0.717, 1.165) is 0 Å². The van der Waals surface area contributed by atoms with Crippen molar-refractivity contribution >= 4 is 43.5 Å². The lowest BCUT2D eigenvalue weighted by atomic mass is 9.84. The number of ketones is 1. The largest absolute Gasteiger partial charge is 0.472 e. The number of halogens is 4. The van der Waals surface area contributed by atoms with Crippen molar-refractivity contribution in [1.82, 2.24) is 15.0 Å². The van der Waals surface area contributed by atoms with Crippen molar-refractivity contribution in [2.24, 2.45) is 0 Å². The molecule has 6 rings (SSSR count). The van der Waals surface area contributed by atoms with Gasteiger partial charge in [0.25, 0.3) is 0 Å². The Labute approximate surface area is 255 Å². The van der Waals surface area contributed by atoms with Gasteiger partial charge in [-0.25, -0.2) is 27.8 Å². The average molecular weight is 645 g/mol. The monoisotopic (exact) mass is 644 g/mol. The van der Waals surface area contributed by atoms with Gasteiger partial charge in [0.1, 0.15) is 22.9 Å². The molecule has 0 bridgehead atoms. The summed E-state index contributed by atoms with van der Waals surface area (Å²) in [4.78, 5) is 26.1. The van der Waals surface area contributed by atoms with Crippen molar-refractivity contribution in [3.63, 3.8) is 0 Å². The van der Waals surface area contributed by atoms with Gasteiger partial charge in [0.05, 0.1) is 28.6 Å². The van der Waals surface area contributed by atoms with Crippen molar-refractivity contribution in [3.8, 4) is 18.2 Å². The fourth-order valence-corrected chi connectivity index (χ4v) is 7.77. The second kappa shape index (κ2) is 10.4. The molecule has 0 radical (unpaired) electrons. The number of para-hydroxylation sites is 1. The standard InChI is InChI=1S/C31H28F4N4O5S/c1-5-18-12-21(30(32)10-11-45(41,42)29(3,4)16-30)27(36-14-18)43-19-13-22(17(2)40)39(15-19)26-25-24(37-28(38-26)31(33,34)35)20-8-6-7-9-23(20)44-25/h1,6-9,12,14,19,22H,10-11,13,15-16H2,2-4H3/t19-,22-,30-/m0/s1. The van der Waals surface area contributed by atoms with E-state index in [4.69, 9.17) is 15.6 Å². The number of furan rings is 1. The molecule has 0 N–H and O–H groups in total. The van der Waals surface area contributed by atoms with Gasteiger partial charge in [-0.05, 0) is 45.4 Å².